The SMILES string of the molecule is N#Cc1cccc(-c2ccc3nc(NC(=O)CSc4ncccn4)nn3c2)c1. The van der Waals surface area contributed by atoms with Gasteiger partial charge in [0.1, 0.15) is 0 Å². The number of aromatic nitrogens is 5. The van der Waals surface area contributed by atoms with Gasteiger partial charge in [-0.2, -0.15) is 10.2 Å². The molecule has 0 radical (unpaired) electrons. The molecule has 0 spiro atoms. The van der Waals surface area contributed by atoms with E-state index in [4.69, 9.17) is 5.26 Å². The Morgan fingerprint density at radius 1 is 1.14 bits per heavy atom. The summed E-state index contributed by atoms with van der Waals surface area (Å²) in [7, 11) is 0. The Bertz CT molecular complexity index is 1180. The molecule has 136 valence electrons. The summed E-state index contributed by atoms with van der Waals surface area (Å²) in [5.41, 5.74) is 2.99. The van der Waals surface area contributed by atoms with Crippen molar-refractivity contribution in [1.82, 2.24) is 24.6 Å². The minimum Gasteiger partial charge on any atom is -0.292 e. The number of hydrogen-bond acceptors (Lipinski definition) is 7. The fraction of sp³-hybridized carbons (Fsp3) is 0.0526. The number of carbonyl (C=O) groups excluding carboxylic acids is 1. The second-order valence-corrected chi connectivity index (χ2v) is 6.66. The topological polar surface area (TPSA) is 109 Å². The standard InChI is InChI=1S/C19H13N7OS/c20-10-13-3-1-4-14(9-13)15-5-6-16-23-18(25-26(16)11-15)24-17(27)12-28-19-21-7-2-8-22-19/h1-9,11H,12H2,(H,24,25,27). The Kier molecular flexibility index (Phi) is 4.95. The van der Waals surface area contributed by atoms with Crippen molar-refractivity contribution in [1.29, 1.82) is 5.26 Å². The molecule has 9 heteroatoms. The second-order valence-electron chi connectivity index (χ2n) is 5.72. The van der Waals surface area contributed by atoms with E-state index in [1.807, 2.05) is 30.3 Å². The molecule has 0 bridgehead atoms. The lowest BCUT2D eigenvalue weighted by Crippen LogP contribution is -2.15. The summed E-state index contributed by atoms with van der Waals surface area (Å²) in [5, 5.41) is 16.6. The summed E-state index contributed by atoms with van der Waals surface area (Å²) in [5.74, 6) is 0.143. The number of carbonyl (C=O) groups is 1. The van der Waals surface area contributed by atoms with Gasteiger partial charge < -0.3 is 0 Å². The second kappa shape index (κ2) is 7.85. The molecular weight excluding hydrogens is 374 g/mol. The fourth-order valence-electron chi connectivity index (χ4n) is 2.53. The van der Waals surface area contributed by atoms with Crippen molar-refractivity contribution in [2.75, 3.05) is 11.1 Å². The Hall–Kier alpha value is -3.77. The molecule has 0 saturated heterocycles. The third-order valence-electron chi connectivity index (χ3n) is 3.78. The minimum atomic E-state index is -0.240. The highest BCUT2D eigenvalue weighted by molar-refractivity contribution is 7.99. The van der Waals surface area contributed by atoms with Gasteiger partial charge in [0, 0.05) is 24.2 Å². The van der Waals surface area contributed by atoms with Gasteiger partial charge in [0.15, 0.2) is 10.8 Å². The fourth-order valence-corrected chi connectivity index (χ4v) is 3.13. The number of nitriles is 1. The summed E-state index contributed by atoms with van der Waals surface area (Å²) in [6.45, 7) is 0. The summed E-state index contributed by atoms with van der Waals surface area (Å²) < 4.78 is 1.59. The van der Waals surface area contributed by atoms with E-state index >= 15 is 0 Å². The van der Waals surface area contributed by atoms with Gasteiger partial charge in [0.05, 0.1) is 17.4 Å². The van der Waals surface area contributed by atoms with E-state index in [0.717, 1.165) is 11.1 Å². The first-order valence-corrected chi connectivity index (χ1v) is 9.26. The van der Waals surface area contributed by atoms with Crippen molar-refractivity contribution < 1.29 is 4.79 Å². The van der Waals surface area contributed by atoms with E-state index in [1.54, 1.807) is 35.2 Å². The Morgan fingerprint density at radius 2 is 2.00 bits per heavy atom. The highest BCUT2D eigenvalue weighted by Crippen LogP contribution is 2.21. The van der Waals surface area contributed by atoms with Crippen molar-refractivity contribution in [3.8, 4) is 17.2 Å². The number of fused-ring (bicyclic) bond motifs is 1. The summed E-state index contributed by atoms with van der Waals surface area (Å²) >= 11 is 1.23. The third-order valence-corrected chi connectivity index (χ3v) is 4.66. The Balaban J connectivity index is 1.48. The van der Waals surface area contributed by atoms with Gasteiger partial charge >= 0.3 is 0 Å². The highest BCUT2D eigenvalue weighted by Gasteiger charge is 2.10. The number of rotatable bonds is 5. The molecule has 4 aromatic rings. The van der Waals surface area contributed by atoms with E-state index in [-0.39, 0.29) is 17.6 Å². The van der Waals surface area contributed by atoms with Crippen LogP contribution in [0.2, 0.25) is 0 Å². The molecule has 0 aliphatic heterocycles. The van der Waals surface area contributed by atoms with E-state index in [2.05, 4.69) is 31.4 Å². The minimum absolute atomic E-state index is 0.158. The molecule has 1 N–H and O–H groups in total. The molecule has 4 rings (SSSR count). The van der Waals surface area contributed by atoms with E-state index in [0.29, 0.717) is 16.4 Å². The molecule has 1 amide bonds. The number of anilines is 1. The highest BCUT2D eigenvalue weighted by atomic mass is 32.2. The first-order valence-electron chi connectivity index (χ1n) is 8.28. The van der Waals surface area contributed by atoms with Crippen LogP contribution in [0.15, 0.2) is 66.2 Å². The van der Waals surface area contributed by atoms with Gasteiger partial charge in [-0.15, -0.1) is 5.10 Å². The molecule has 1 aromatic carbocycles. The molecule has 0 saturated carbocycles. The quantitative estimate of drug-likeness (QED) is 0.414. The number of amides is 1. The van der Waals surface area contributed by atoms with Crippen LogP contribution in [0.25, 0.3) is 16.8 Å². The molecule has 3 aromatic heterocycles. The van der Waals surface area contributed by atoms with Crippen LogP contribution >= 0.6 is 11.8 Å². The maximum absolute atomic E-state index is 12.1. The lowest BCUT2D eigenvalue weighted by Gasteiger charge is -2.02. The number of nitrogens with one attached hydrogen (secondary N) is 1. The monoisotopic (exact) mass is 387 g/mol. The Morgan fingerprint density at radius 3 is 2.82 bits per heavy atom. The van der Waals surface area contributed by atoms with Crippen molar-refractivity contribution in [2.24, 2.45) is 0 Å². The molecular formula is C19H13N7OS. The number of pyridine rings is 1. The largest absolute Gasteiger partial charge is 0.292 e. The molecule has 3 heterocycles. The van der Waals surface area contributed by atoms with Crippen LogP contribution < -0.4 is 5.32 Å². The van der Waals surface area contributed by atoms with E-state index in [1.165, 1.54) is 11.8 Å². The van der Waals surface area contributed by atoms with Gasteiger partial charge in [-0.1, -0.05) is 23.9 Å². The van der Waals surface area contributed by atoms with Gasteiger partial charge in [0.25, 0.3) is 0 Å². The molecule has 28 heavy (non-hydrogen) atoms. The first-order chi connectivity index (χ1) is 13.7. The third kappa shape index (κ3) is 3.97. The zero-order chi connectivity index (χ0) is 19.3. The van der Waals surface area contributed by atoms with Crippen molar-refractivity contribution in [2.45, 2.75) is 5.16 Å². The molecule has 0 unspecified atom stereocenters. The zero-order valence-corrected chi connectivity index (χ0v) is 15.3. The van der Waals surface area contributed by atoms with Crippen LogP contribution in [-0.4, -0.2) is 36.2 Å². The van der Waals surface area contributed by atoms with Crippen LogP contribution in [0.5, 0.6) is 0 Å². The normalized spacial score (nSPS) is 10.5. The average molecular weight is 387 g/mol. The van der Waals surface area contributed by atoms with Crippen LogP contribution in [0.4, 0.5) is 5.95 Å². The van der Waals surface area contributed by atoms with Gasteiger partial charge in [0.2, 0.25) is 11.9 Å². The average Bonchev–Trinajstić information content (AvgIpc) is 3.14. The van der Waals surface area contributed by atoms with Gasteiger partial charge in [-0.3, -0.25) is 10.1 Å². The van der Waals surface area contributed by atoms with Crippen molar-refractivity contribution >= 4 is 29.3 Å². The van der Waals surface area contributed by atoms with Crippen LogP contribution in [0.1, 0.15) is 5.56 Å². The van der Waals surface area contributed by atoms with Crippen LogP contribution in [0, 0.1) is 11.3 Å². The maximum Gasteiger partial charge on any atom is 0.249 e. The smallest absolute Gasteiger partial charge is 0.249 e. The molecule has 8 nitrogen and oxygen atoms in total. The maximum atomic E-state index is 12.1. The van der Waals surface area contributed by atoms with Crippen molar-refractivity contribution in [3.63, 3.8) is 0 Å². The van der Waals surface area contributed by atoms with E-state index in [9.17, 15) is 4.79 Å². The number of hydrogen-bond donors (Lipinski definition) is 1. The molecule has 0 aliphatic rings. The first kappa shape index (κ1) is 17.6. The molecule has 0 atom stereocenters. The van der Waals surface area contributed by atoms with Gasteiger partial charge in [-0.25, -0.2) is 14.5 Å². The van der Waals surface area contributed by atoms with Gasteiger partial charge in [-0.05, 0) is 35.9 Å². The lowest BCUT2D eigenvalue weighted by atomic mass is 10.1. The molecule has 0 aliphatic carbocycles. The predicted octanol–water partition coefficient (Wildman–Crippen LogP) is 2.79. The lowest BCUT2D eigenvalue weighted by molar-refractivity contribution is -0.113. The van der Waals surface area contributed by atoms with Crippen molar-refractivity contribution in [3.05, 3.63) is 66.6 Å². The molecule has 0 fully saturated rings. The number of benzene rings is 1. The van der Waals surface area contributed by atoms with Crippen LogP contribution in [-0.2, 0) is 4.79 Å². The summed E-state index contributed by atoms with van der Waals surface area (Å²) in [6.07, 6.45) is 5.06. The zero-order valence-electron chi connectivity index (χ0n) is 14.5. The Labute approximate surface area is 164 Å². The summed E-state index contributed by atoms with van der Waals surface area (Å²) in [6, 6.07) is 14.9. The summed E-state index contributed by atoms with van der Waals surface area (Å²) in [4.78, 5) is 24.5. The predicted molar refractivity (Wildman–Crippen MR) is 105 cm³/mol. The van der Waals surface area contributed by atoms with Crippen LogP contribution in [0.3, 0.4) is 0 Å². The van der Waals surface area contributed by atoms with E-state index < -0.39 is 0 Å². The number of nitrogens with zero attached hydrogens (tertiary/aromatic N) is 6. The number of thioether (sulfide) groups is 1.